The van der Waals surface area contributed by atoms with Crippen LogP contribution in [0.3, 0.4) is 0 Å². The van der Waals surface area contributed by atoms with Gasteiger partial charge in [0, 0.05) is 17.3 Å². The van der Waals surface area contributed by atoms with Crippen molar-refractivity contribution in [1.82, 2.24) is 9.97 Å². The first-order chi connectivity index (χ1) is 13.9. The third kappa shape index (κ3) is 4.90. The molecule has 9 heteroatoms. The second-order valence-corrected chi connectivity index (χ2v) is 7.48. The maximum Gasteiger partial charge on any atom is 0.350 e. The number of anilines is 1. The van der Waals surface area contributed by atoms with Crippen molar-refractivity contribution in [3.8, 4) is 16.5 Å². The summed E-state index contributed by atoms with van der Waals surface area (Å²) in [6, 6.07) is 8.75. The van der Waals surface area contributed by atoms with Crippen LogP contribution in [0.4, 0.5) is 5.69 Å². The smallest absolute Gasteiger partial charge is 0.350 e. The highest BCUT2D eigenvalue weighted by atomic mass is 35.5. The molecule has 1 aromatic carbocycles. The minimum atomic E-state index is -0.614. The first-order valence-corrected chi connectivity index (χ1v) is 9.78. The molecule has 0 bridgehead atoms. The third-order valence-corrected chi connectivity index (χ3v) is 5.52. The van der Waals surface area contributed by atoms with Crippen LogP contribution in [0.25, 0.3) is 10.7 Å². The molecule has 0 aliphatic rings. The van der Waals surface area contributed by atoms with Crippen LogP contribution in [0.5, 0.6) is 5.75 Å². The maximum absolute atomic E-state index is 12.4. The standard InChI is InChI=1S/C20H18ClN3O4S/c1-11-8-15(16(27-3)9-13(11)21)24-17(25)10-28-20(26)18-12(2)23-19(29-18)14-6-4-5-7-22-14/h4-9H,10H2,1-3H3,(H,24,25). The molecule has 0 fully saturated rings. The lowest BCUT2D eigenvalue weighted by Gasteiger charge is -2.12. The SMILES string of the molecule is COc1cc(Cl)c(C)cc1NC(=O)COC(=O)c1sc(-c2ccccn2)nc1C. The number of esters is 1. The average molecular weight is 432 g/mol. The molecule has 0 aliphatic heterocycles. The molecule has 0 atom stereocenters. The van der Waals surface area contributed by atoms with E-state index < -0.39 is 18.5 Å². The second-order valence-electron chi connectivity index (χ2n) is 6.07. The Balaban J connectivity index is 1.65. The highest BCUT2D eigenvalue weighted by Crippen LogP contribution is 2.31. The zero-order valence-electron chi connectivity index (χ0n) is 16.0. The summed E-state index contributed by atoms with van der Waals surface area (Å²) < 4.78 is 10.4. The molecule has 0 unspecified atom stereocenters. The molecule has 0 aliphatic carbocycles. The fraction of sp³-hybridized carbons (Fsp3) is 0.200. The Bertz CT molecular complexity index is 1050. The van der Waals surface area contributed by atoms with Gasteiger partial charge in [0.05, 0.1) is 24.2 Å². The van der Waals surface area contributed by atoms with E-state index in [-0.39, 0.29) is 0 Å². The van der Waals surface area contributed by atoms with E-state index in [0.29, 0.717) is 37.7 Å². The number of amides is 1. The molecule has 3 rings (SSSR count). The highest BCUT2D eigenvalue weighted by Gasteiger charge is 2.19. The topological polar surface area (TPSA) is 90.4 Å². The summed E-state index contributed by atoms with van der Waals surface area (Å²) in [4.78, 5) is 33.5. The average Bonchev–Trinajstić information content (AvgIpc) is 3.11. The number of carbonyl (C=O) groups is 2. The number of ether oxygens (including phenoxy) is 2. The van der Waals surface area contributed by atoms with Crippen molar-refractivity contribution in [3.05, 3.63) is 57.7 Å². The number of hydrogen-bond acceptors (Lipinski definition) is 7. The van der Waals surface area contributed by atoms with Gasteiger partial charge in [0.15, 0.2) is 6.61 Å². The zero-order valence-corrected chi connectivity index (χ0v) is 17.6. The molecule has 2 heterocycles. The van der Waals surface area contributed by atoms with Gasteiger partial charge in [0.1, 0.15) is 15.6 Å². The summed E-state index contributed by atoms with van der Waals surface area (Å²) in [5.41, 5.74) is 2.42. The van der Waals surface area contributed by atoms with E-state index in [1.807, 2.05) is 19.1 Å². The van der Waals surface area contributed by atoms with E-state index in [1.54, 1.807) is 31.3 Å². The van der Waals surface area contributed by atoms with Crippen LogP contribution in [-0.2, 0) is 9.53 Å². The Morgan fingerprint density at radius 2 is 2.03 bits per heavy atom. The number of thiazole rings is 1. The second kappa shape index (κ2) is 9.02. The molecule has 150 valence electrons. The lowest BCUT2D eigenvalue weighted by Crippen LogP contribution is -2.21. The van der Waals surface area contributed by atoms with Gasteiger partial charge in [-0.15, -0.1) is 11.3 Å². The predicted octanol–water partition coefficient (Wildman–Crippen LogP) is 4.28. The number of nitrogens with one attached hydrogen (secondary N) is 1. The molecule has 0 radical (unpaired) electrons. The number of pyridine rings is 1. The van der Waals surface area contributed by atoms with Gasteiger partial charge in [0.2, 0.25) is 0 Å². The van der Waals surface area contributed by atoms with Crippen molar-refractivity contribution >= 4 is 40.5 Å². The van der Waals surface area contributed by atoms with Crippen molar-refractivity contribution in [2.45, 2.75) is 13.8 Å². The largest absolute Gasteiger partial charge is 0.495 e. The first-order valence-electron chi connectivity index (χ1n) is 8.59. The summed E-state index contributed by atoms with van der Waals surface area (Å²) in [5, 5.41) is 3.80. The molecule has 29 heavy (non-hydrogen) atoms. The third-order valence-electron chi connectivity index (χ3n) is 3.96. The number of benzene rings is 1. The molecular formula is C20H18ClN3O4S. The fourth-order valence-corrected chi connectivity index (χ4v) is 3.59. The van der Waals surface area contributed by atoms with Crippen LogP contribution in [-0.4, -0.2) is 35.6 Å². The van der Waals surface area contributed by atoms with E-state index in [9.17, 15) is 9.59 Å². The van der Waals surface area contributed by atoms with Gasteiger partial charge < -0.3 is 14.8 Å². The van der Waals surface area contributed by atoms with Gasteiger partial charge in [-0.1, -0.05) is 17.7 Å². The number of nitrogens with zero attached hydrogens (tertiary/aromatic N) is 2. The molecule has 0 saturated heterocycles. The van der Waals surface area contributed by atoms with Gasteiger partial charge in [-0.05, 0) is 37.6 Å². The fourth-order valence-electron chi connectivity index (χ4n) is 2.50. The van der Waals surface area contributed by atoms with Crippen LogP contribution in [0, 0.1) is 13.8 Å². The number of carbonyl (C=O) groups excluding carboxylic acids is 2. The van der Waals surface area contributed by atoms with Crippen LogP contribution in [0.2, 0.25) is 5.02 Å². The molecule has 0 saturated carbocycles. The summed E-state index contributed by atoms with van der Waals surface area (Å²) >= 11 is 7.23. The monoisotopic (exact) mass is 431 g/mol. The Kier molecular flexibility index (Phi) is 6.46. The molecular weight excluding hydrogens is 414 g/mol. The lowest BCUT2D eigenvalue weighted by molar-refractivity contribution is -0.119. The quantitative estimate of drug-likeness (QED) is 0.586. The Morgan fingerprint density at radius 1 is 1.24 bits per heavy atom. The van der Waals surface area contributed by atoms with Crippen LogP contribution < -0.4 is 10.1 Å². The van der Waals surface area contributed by atoms with Gasteiger partial charge in [0.25, 0.3) is 5.91 Å². The lowest BCUT2D eigenvalue weighted by atomic mass is 10.2. The molecule has 3 aromatic rings. The Hall–Kier alpha value is -2.97. The van der Waals surface area contributed by atoms with Gasteiger partial charge in [-0.25, -0.2) is 9.78 Å². The minimum absolute atomic E-state index is 0.332. The number of aryl methyl sites for hydroxylation is 2. The number of aromatic nitrogens is 2. The van der Waals surface area contributed by atoms with Crippen molar-refractivity contribution in [1.29, 1.82) is 0 Å². The minimum Gasteiger partial charge on any atom is -0.495 e. The number of hydrogen-bond donors (Lipinski definition) is 1. The number of halogens is 1. The molecule has 1 amide bonds. The Morgan fingerprint density at radius 3 is 2.72 bits per heavy atom. The number of methoxy groups -OCH3 is 1. The van der Waals surface area contributed by atoms with Crippen molar-refractivity contribution in [3.63, 3.8) is 0 Å². The highest BCUT2D eigenvalue weighted by molar-refractivity contribution is 7.17. The zero-order chi connectivity index (χ0) is 21.0. The number of rotatable bonds is 6. The summed E-state index contributed by atoms with van der Waals surface area (Å²) in [6.07, 6.45) is 1.65. The van der Waals surface area contributed by atoms with Crippen molar-refractivity contribution in [2.75, 3.05) is 19.0 Å². The normalized spacial score (nSPS) is 10.5. The molecule has 7 nitrogen and oxygen atoms in total. The summed E-state index contributed by atoms with van der Waals surface area (Å²) in [5.74, 6) is -0.694. The van der Waals surface area contributed by atoms with Crippen LogP contribution >= 0.6 is 22.9 Å². The van der Waals surface area contributed by atoms with E-state index in [0.717, 1.165) is 5.56 Å². The summed E-state index contributed by atoms with van der Waals surface area (Å²) in [7, 11) is 1.47. The molecule has 0 spiro atoms. The van der Waals surface area contributed by atoms with E-state index in [1.165, 1.54) is 18.4 Å². The van der Waals surface area contributed by atoms with Crippen LogP contribution in [0.15, 0.2) is 36.5 Å². The van der Waals surface area contributed by atoms with Gasteiger partial charge in [-0.3, -0.25) is 9.78 Å². The maximum atomic E-state index is 12.4. The van der Waals surface area contributed by atoms with Crippen molar-refractivity contribution in [2.24, 2.45) is 0 Å². The van der Waals surface area contributed by atoms with Crippen LogP contribution in [0.1, 0.15) is 20.9 Å². The molecule has 1 N–H and O–H groups in total. The van der Waals surface area contributed by atoms with Gasteiger partial charge >= 0.3 is 5.97 Å². The van der Waals surface area contributed by atoms with Gasteiger partial charge in [-0.2, -0.15) is 0 Å². The van der Waals surface area contributed by atoms with Crippen molar-refractivity contribution < 1.29 is 19.1 Å². The van der Waals surface area contributed by atoms with E-state index >= 15 is 0 Å². The summed E-state index contributed by atoms with van der Waals surface area (Å²) in [6.45, 7) is 3.07. The first kappa shape index (κ1) is 20.8. The van der Waals surface area contributed by atoms with E-state index in [2.05, 4.69) is 15.3 Å². The Labute approximate surface area is 176 Å². The predicted molar refractivity (Wildman–Crippen MR) is 112 cm³/mol. The van der Waals surface area contributed by atoms with E-state index in [4.69, 9.17) is 21.1 Å². The molecule has 2 aromatic heterocycles.